The molecule has 0 atom stereocenters. The number of nitrogens with one attached hydrogen (secondary N) is 2. The number of halogens is 1. The maximum absolute atomic E-state index is 13.6. The van der Waals surface area contributed by atoms with E-state index in [9.17, 15) is 9.18 Å². The molecule has 0 aliphatic rings. The number of fused-ring (bicyclic) bond motifs is 1. The molecule has 1 heterocycles. The zero-order chi connectivity index (χ0) is 14.5. The van der Waals surface area contributed by atoms with E-state index in [1.54, 1.807) is 0 Å². The fourth-order valence-electron chi connectivity index (χ4n) is 1.78. The summed E-state index contributed by atoms with van der Waals surface area (Å²) < 4.78 is 18.5. The molecule has 6 nitrogen and oxygen atoms in total. The lowest BCUT2D eigenvalue weighted by Gasteiger charge is -2.09. The number of hydrogen-bond donors (Lipinski definition) is 2. The minimum absolute atomic E-state index is 0.0830. The molecular weight excluding hydrogens is 263 g/mol. The van der Waals surface area contributed by atoms with Gasteiger partial charge < -0.3 is 15.4 Å². The summed E-state index contributed by atoms with van der Waals surface area (Å²) >= 11 is 0. The number of likely N-dealkylation sites (N-methyl/N-ethyl adjacent to an activating group) is 1. The first-order valence-corrected chi connectivity index (χ1v) is 6.14. The number of amides is 1. The van der Waals surface area contributed by atoms with Crippen molar-refractivity contribution in [2.24, 2.45) is 0 Å². The molecule has 0 saturated carbocycles. The molecule has 1 aromatic heterocycles. The van der Waals surface area contributed by atoms with Crippen LogP contribution in [-0.4, -0.2) is 36.1 Å². The van der Waals surface area contributed by atoms with Gasteiger partial charge in [-0.1, -0.05) is 0 Å². The number of nitrogens with zero attached hydrogens (tertiary/aromatic N) is 2. The van der Waals surface area contributed by atoms with Gasteiger partial charge in [-0.15, -0.1) is 0 Å². The van der Waals surface area contributed by atoms with E-state index in [0.717, 1.165) is 0 Å². The molecule has 0 radical (unpaired) electrons. The summed E-state index contributed by atoms with van der Waals surface area (Å²) in [4.78, 5) is 19.5. The molecule has 2 N–H and O–H groups in total. The van der Waals surface area contributed by atoms with E-state index < -0.39 is 5.82 Å². The molecule has 0 unspecified atom stereocenters. The van der Waals surface area contributed by atoms with E-state index in [1.807, 2.05) is 6.92 Å². The summed E-state index contributed by atoms with van der Waals surface area (Å²) in [6.07, 6.45) is 1.31. The minimum Gasteiger partial charge on any atom is -0.494 e. The van der Waals surface area contributed by atoms with Crippen molar-refractivity contribution in [3.05, 3.63) is 24.3 Å². The van der Waals surface area contributed by atoms with Crippen LogP contribution in [0.1, 0.15) is 6.92 Å². The molecule has 0 spiro atoms. The van der Waals surface area contributed by atoms with Gasteiger partial charge in [0.05, 0.1) is 19.2 Å². The topological polar surface area (TPSA) is 76.1 Å². The van der Waals surface area contributed by atoms with E-state index >= 15 is 0 Å². The quantitative estimate of drug-likeness (QED) is 0.862. The van der Waals surface area contributed by atoms with Crippen molar-refractivity contribution in [3.8, 4) is 5.75 Å². The molecule has 106 valence electrons. The third kappa shape index (κ3) is 2.93. The van der Waals surface area contributed by atoms with E-state index in [0.29, 0.717) is 23.3 Å². The van der Waals surface area contributed by atoms with Crippen LogP contribution in [0.4, 0.5) is 10.2 Å². The average molecular weight is 278 g/mol. The van der Waals surface area contributed by atoms with Crippen LogP contribution in [0.15, 0.2) is 18.5 Å². The summed E-state index contributed by atoms with van der Waals surface area (Å²) in [6.45, 7) is 2.48. The van der Waals surface area contributed by atoms with Gasteiger partial charge in [-0.2, -0.15) is 0 Å². The van der Waals surface area contributed by atoms with Gasteiger partial charge in [0, 0.05) is 18.0 Å². The first-order valence-electron chi connectivity index (χ1n) is 6.14. The Morgan fingerprint density at radius 3 is 2.90 bits per heavy atom. The standard InChI is InChI=1S/C13H15FN4O2/c1-3-15-12(19)6-16-13-8-4-11(20-2)9(14)5-10(8)17-7-18-13/h4-5,7H,3,6H2,1-2H3,(H,15,19)(H,16,17,18). The van der Waals surface area contributed by atoms with Crippen LogP contribution in [0.3, 0.4) is 0 Å². The Kier molecular flexibility index (Phi) is 4.29. The number of carbonyl (C=O) groups is 1. The Labute approximate surface area is 115 Å². The number of aromatic nitrogens is 2. The van der Waals surface area contributed by atoms with Gasteiger partial charge in [0.2, 0.25) is 5.91 Å². The van der Waals surface area contributed by atoms with Gasteiger partial charge in [0.1, 0.15) is 12.1 Å². The summed E-state index contributed by atoms with van der Waals surface area (Å²) in [5.74, 6) is -0.0744. The molecule has 20 heavy (non-hydrogen) atoms. The van der Waals surface area contributed by atoms with E-state index in [-0.39, 0.29) is 18.2 Å². The number of rotatable bonds is 5. The number of methoxy groups -OCH3 is 1. The Morgan fingerprint density at radius 1 is 1.40 bits per heavy atom. The maximum atomic E-state index is 13.6. The molecule has 0 aliphatic carbocycles. The second-order valence-corrected chi connectivity index (χ2v) is 4.03. The van der Waals surface area contributed by atoms with Crippen LogP contribution in [0, 0.1) is 5.82 Å². The molecule has 2 rings (SSSR count). The lowest BCUT2D eigenvalue weighted by Crippen LogP contribution is -2.29. The van der Waals surface area contributed by atoms with Crippen molar-refractivity contribution in [2.45, 2.75) is 6.92 Å². The van der Waals surface area contributed by atoms with Crippen LogP contribution in [-0.2, 0) is 4.79 Å². The zero-order valence-corrected chi connectivity index (χ0v) is 11.2. The summed E-state index contributed by atoms with van der Waals surface area (Å²) in [5.41, 5.74) is 0.441. The molecule has 1 amide bonds. The zero-order valence-electron chi connectivity index (χ0n) is 11.2. The second-order valence-electron chi connectivity index (χ2n) is 4.03. The van der Waals surface area contributed by atoms with Crippen molar-refractivity contribution >= 4 is 22.6 Å². The number of ether oxygens (including phenoxy) is 1. The van der Waals surface area contributed by atoms with Crippen LogP contribution in [0.5, 0.6) is 5.75 Å². The van der Waals surface area contributed by atoms with Gasteiger partial charge in [0.15, 0.2) is 11.6 Å². The highest BCUT2D eigenvalue weighted by Crippen LogP contribution is 2.26. The molecular formula is C13H15FN4O2. The lowest BCUT2D eigenvalue weighted by atomic mass is 10.2. The van der Waals surface area contributed by atoms with Gasteiger partial charge in [-0.3, -0.25) is 4.79 Å². The Hall–Kier alpha value is -2.44. The monoisotopic (exact) mass is 278 g/mol. The Morgan fingerprint density at radius 2 is 2.20 bits per heavy atom. The van der Waals surface area contributed by atoms with E-state index in [4.69, 9.17) is 4.74 Å². The molecule has 1 aromatic carbocycles. The number of hydrogen-bond acceptors (Lipinski definition) is 5. The van der Waals surface area contributed by atoms with Crippen LogP contribution in [0.25, 0.3) is 10.9 Å². The van der Waals surface area contributed by atoms with E-state index in [2.05, 4.69) is 20.6 Å². The molecule has 0 bridgehead atoms. The van der Waals surface area contributed by atoms with Gasteiger partial charge in [-0.05, 0) is 13.0 Å². The predicted molar refractivity (Wildman–Crippen MR) is 73.2 cm³/mol. The minimum atomic E-state index is -0.492. The largest absolute Gasteiger partial charge is 0.494 e. The van der Waals surface area contributed by atoms with Crippen molar-refractivity contribution in [1.29, 1.82) is 0 Å². The van der Waals surface area contributed by atoms with Crippen LogP contribution in [0.2, 0.25) is 0 Å². The average Bonchev–Trinajstić information content (AvgIpc) is 2.44. The third-order valence-corrected chi connectivity index (χ3v) is 2.70. The summed E-state index contributed by atoms with van der Waals surface area (Å²) in [5, 5.41) is 6.16. The molecule has 0 saturated heterocycles. The molecule has 2 aromatic rings. The highest BCUT2D eigenvalue weighted by Gasteiger charge is 2.10. The lowest BCUT2D eigenvalue weighted by molar-refractivity contribution is -0.119. The fraction of sp³-hybridized carbons (Fsp3) is 0.308. The highest BCUT2D eigenvalue weighted by molar-refractivity contribution is 5.91. The van der Waals surface area contributed by atoms with Gasteiger partial charge in [0.25, 0.3) is 0 Å². The fourth-order valence-corrected chi connectivity index (χ4v) is 1.78. The number of anilines is 1. The number of benzene rings is 1. The van der Waals surface area contributed by atoms with E-state index in [1.165, 1.54) is 25.6 Å². The third-order valence-electron chi connectivity index (χ3n) is 2.70. The highest BCUT2D eigenvalue weighted by atomic mass is 19.1. The van der Waals surface area contributed by atoms with Crippen molar-refractivity contribution in [3.63, 3.8) is 0 Å². The predicted octanol–water partition coefficient (Wildman–Crippen LogP) is 1.33. The normalized spacial score (nSPS) is 10.3. The smallest absolute Gasteiger partial charge is 0.239 e. The second kappa shape index (κ2) is 6.14. The Bertz CT molecular complexity index is 633. The number of carbonyl (C=O) groups excluding carboxylic acids is 1. The van der Waals surface area contributed by atoms with Crippen LogP contribution >= 0.6 is 0 Å². The summed E-state index contributed by atoms with van der Waals surface area (Å²) in [7, 11) is 1.38. The molecule has 0 aliphatic heterocycles. The first kappa shape index (κ1) is 14.0. The van der Waals surface area contributed by atoms with Crippen molar-refractivity contribution in [2.75, 3.05) is 25.5 Å². The molecule has 0 fully saturated rings. The molecule has 7 heteroatoms. The van der Waals surface area contributed by atoms with Gasteiger partial charge in [-0.25, -0.2) is 14.4 Å². The summed E-state index contributed by atoms with van der Waals surface area (Å²) in [6, 6.07) is 2.78. The van der Waals surface area contributed by atoms with Gasteiger partial charge >= 0.3 is 0 Å². The van der Waals surface area contributed by atoms with Crippen molar-refractivity contribution < 1.29 is 13.9 Å². The first-order chi connectivity index (χ1) is 9.65. The van der Waals surface area contributed by atoms with Crippen LogP contribution < -0.4 is 15.4 Å². The Balaban J connectivity index is 2.31. The maximum Gasteiger partial charge on any atom is 0.239 e. The van der Waals surface area contributed by atoms with Crippen molar-refractivity contribution in [1.82, 2.24) is 15.3 Å². The SMILES string of the molecule is CCNC(=O)CNc1ncnc2cc(F)c(OC)cc12.